The Kier molecular flexibility index (Phi) is 5.25. The van der Waals surface area contributed by atoms with E-state index in [1.54, 1.807) is 36.4 Å². The molecule has 0 bridgehead atoms. The molecule has 9 heteroatoms. The minimum atomic E-state index is -0.494. The standard InChI is InChI=1S/C16H10BrN3O4S/c17-12-6-4-10(5-7-12)14(21)9-25-16-19-18-15(24-16)11-2-1-3-13(8-11)20(22)23/h1-8H,9H2. The molecular weight excluding hydrogens is 410 g/mol. The van der Waals surface area contributed by atoms with Gasteiger partial charge in [0.25, 0.3) is 10.9 Å². The highest BCUT2D eigenvalue weighted by atomic mass is 79.9. The zero-order chi connectivity index (χ0) is 17.8. The topological polar surface area (TPSA) is 99.1 Å². The van der Waals surface area contributed by atoms with Crippen LogP contribution in [0.15, 0.2) is 62.6 Å². The molecule has 1 aromatic heterocycles. The van der Waals surface area contributed by atoms with E-state index >= 15 is 0 Å². The van der Waals surface area contributed by atoms with Gasteiger partial charge < -0.3 is 4.42 Å². The Morgan fingerprint density at radius 3 is 2.68 bits per heavy atom. The normalized spacial score (nSPS) is 10.6. The maximum absolute atomic E-state index is 12.1. The van der Waals surface area contributed by atoms with Gasteiger partial charge in [-0.1, -0.05) is 45.9 Å². The quantitative estimate of drug-likeness (QED) is 0.253. The number of aromatic nitrogens is 2. The van der Waals surface area contributed by atoms with E-state index < -0.39 is 4.92 Å². The molecule has 0 amide bonds. The number of carbonyl (C=O) groups is 1. The van der Waals surface area contributed by atoms with Crippen LogP contribution in [-0.4, -0.2) is 26.7 Å². The number of hydrogen-bond acceptors (Lipinski definition) is 7. The molecule has 0 atom stereocenters. The molecule has 2 aromatic carbocycles. The lowest BCUT2D eigenvalue weighted by atomic mass is 10.2. The highest BCUT2D eigenvalue weighted by Crippen LogP contribution is 2.26. The van der Waals surface area contributed by atoms with Crippen LogP contribution in [-0.2, 0) is 0 Å². The van der Waals surface area contributed by atoms with E-state index in [1.807, 2.05) is 0 Å². The van der Waals surface area contributed by atoms with Gasteiger partial charge in [-0.2, -0.15) is 0 Å². The molecular formula is C16H10BrN3O4S. The van der Waals surface area contributed by atoms with Gasteiger partial charge in [0.1, 0.15) is 0 Å². The monoisotopic (exact) mass is 419 g/mol. The summed E-state index contributed by atoms with van der Waals surface area (Å²) in [5.74, 6) is 0.257. The molecule has 126 valence electrons. The van der Waals surface area contributed by atoms with Crippen LogP contribution in [0.4, 0.5) is 5.69 Å². The summed E-state index contributed by atoms with van der Waals surface area (Å²) in [7, 11) is 0. The predicted molar refractivity (Wildman–Crippen MR) is 95.6 cm³/mol. The lowest BCUT2D eigenvalue weighted by molar-refractivity contribution is -0.384. The number of nitrogens with zero attached hydrogens (tertiary/aromatic N) is 3. The van der Waals surface area contributed by atoms with Crippen molar-refractivity contribution in [2.75, 3.05) is 5.75 Å². The Balaban J connectivity index is 1.67. The van der Waals surface area contributed by atoms with Gasteiger partial charge >= 0.3 is 0 Å². The number of non-ortho nitro benzene ring substituents is 1. The Morgan fingerprint density at radius 1 is 1.20 bits per heavy atom. The molecule has 7 nitrogen and oxygen atoms in total. The van der Waals surface area contributed by atoms with E-state index in [-0.39, 0.29) is 28.3 Å². The second-order valence-electron chi connectivity index (χ2n) is 4.90. The summed E-state index contributed by atoms with van der Waals surface area (Å²) in [6.07, 6.45) is 0. The van der Waals surface area contributed by atoms with Crippen LogP contribution in [0.3, 0.4) is 0 Å². The average Bonchev–Trinajstić information content (AvgIpc) is 3.09. The summed E-state index contributed by atoms with van der Waals surface area (Å²) in [6, 6.07) is 13.0. The Hall–Kier alpha value is -2.52. The van der Waals surface area contributed by atoms with Crippen LogP contribution in [0, 0.1) is 10.1 Å². The molecule has 0 radical (unpaired) electrons. The number of nitro groups is 1. The molecule has 0 unspecified atom stereocenters. The fraction of sp³-hybridized carbons (Fsp3) is 0.0625. The molecule has 3 rings (SSSR count). The third-order valence-electron chi connectivity index (χ3n) is 3.20. The molecule has 0 saturated carbocycles. The Bertz CT molecular complexity index is 927. The smallest absolute Gasteiger partial charge is 0.277 e. The summed E-state index contributed by atoms with van der Waals surface area (Å²) in [4.78, 5) is 22.4. The van der Waals surface area contributed by atoms with Gasteiger partial charge in [-0.3, -0.25) is 14.9 Å². The number of thioether (sulfide) groups is 1. The van der Waals surface area contributed by atoms with Crippen LogP contribution in [0.2, 0.25) is 0 Å². The van der Waals surface area contributed by atoms with Crippen molar-refractivity contribution < 1.29 is 14.1 Å². The molecule has 25 heavy (non-hydrogen) atoms. The summed E-state index contributed by atoms with van der Waals surface area (Å²) in [6.45, 7) is 0. The molecule has 3 aromatic rings. The van der Waals surface area contributed by atoms with Gasteiger partial charge in [0.2, 0.25) is 5.89 Å². The fourth-order valence-corrected chi connectivity index (χ4v) is 2.91. The van der Waals surface area contributed by atoms with E-state index in [9.17, 15) is 14.9 Å². The van der Waals surface area contributed by atoms with Gasteiger partial charge in [-0.25, -0.2) is 0 Å². The van der Waals surface area contributed by atoms with Gasteiger partial charge in [0, 0.05) is 27.7 Å². The highest BCUT2D eigenvalue weighted by molar-refractivity contribution is 9.10. The van der Waals surface area contributed by atoms with Crippen molar-refractivity contribution in [1.82, 2.24) is 10.2 Å². The van der Waals surface area contributed by atoms with E-state index in [1.165, 1.54) is 12.1 Å². The average molecular weight is 420 g/mol. The first-order chi connectivity index (χ1) is 12.0. The van der Waals surface area contributed by atoms with Crippen molar-refractivity contribution in [3.8, 4) is 11.5 Å². The van der Waals surface area contributed by atoms with Crippen molar-refractivity contribution in [3.05, 3.63) is 68.7 Å². The minimum absolute atomic E-state index is 0.0599. The maximum atomic E-state index is 12.1. The Labute approximate surface area is 154 Å². The summed E-state index contributed by atoms with van der Waals surface area (Å²) < 4.78 is 6.37. The maximum Gasteiger partial charge on any atom is 0.277 e. The number of Topliss-reactive ketones (excluding diaryl/α,β-unsaturated/α-hetero) is 1. The lowest BCUT2D eigenvalue weighted by Gasteiger charge is -1.99. The number of nitro benzene ring substituents is 1. The fourth-order valence-electron chi connectivity index (χ4n) is 1.98. The number of hydrogen-bond donors (Lipinski definition) is 0. The van der Waals surface area contributed by atoms with Gasteiger partial charge in [-0.15, -0.1) is 10.2 Å². The first-order valence-corrected chi connectivity index (χ1v) is 8.81. The molecule has 0 spiro atoms. The van der Waals surface area contributed by atoms with E-state index in [0.717, 1.165) is 16.2 Å². The van der Waals surface area contributed by atoms with E-state index in [0.29, 0.717) is 11.1 Å². The molecule has 0 fully saturated rings. The molecule has 0 N–H and O–H groups in total. The van der Waals surface area contributed by atoms with Gasteiger partial charge in [0.15, 0.2) is 5.78 Å². The SMILES string of the molecule is O=C(CSc1nnc(-c2cccc([N+](=O)[O-])c2)o1)c1ccc(Br)cc1. The number of benzene rings is 2. The molecule has 0 aliphatic carbocycles. The molecule has 1 heterocycles. The summed E-state index contributed by atoms with van der Waals surface area (Å²) >= 11 is 4.44. The van der Waals surface area contributed by atoms with Crippen molar-refractivity contribution >= 4 is 39.2 Å². The second-order valence-corrected chi connectivity index (χ2v) is 6.74. The number of ketones is 1. The van der Waals surface area contributed by atoms with Crippen molar-refractivity contribution in [1.29, 1.82) is 0 Å². The Morgan fingerprint density at radius 2 is 1.96 bits per heavy atom. The van der Waals surface area contributed by atoms with Crippen LogP contribution >= 0.6 is 27.7 Å². The third kappa shape index (κ3) is 4.31. The van der Waals surface area contributed by atoms with Crippen LogP contribution in [0.1, 0.15) is 10.4 Å². The zero-order valence-electron chi connectivity index (χ0n) is 12.6. The van der Waals surface area contributed by atoms with E-state index in [4.69, 9.17) is 4.42 Å². The number of carbonyl (C=O) groups excluding carboxylic acids is 1. The van der Waals surface area contributed by atoms with Gasteiger partial charge in [-0.05, 0) is 18.2 Å². The molecule has 0 saturated heterocycles. The molecule has 0 aliphatic rings. The largest absolute Gasteiger partial charge is 0.411 e. The second kappa shape index (κ2) is 7.58. The van der Waals surface area contributed by atoms with Crippen molar-refractivity contribution in [2.45, 2.75) is 5.22 Å². The first-order valence-electron chi connectivity index (χ1n) is 7.03. The third-order valence-corrected chi connectivity index (χ3v) is 4.55. The van der Waals surface area contributed by atoms with Gasteiger partial charge in [0.05, 0.1) is 10.7 Å². The van der Waals surface area contributed by atoms with Crippen LogP contribution < -0.4 is 0 Å². The molecule has 0 aliphatic heterocycles. The summed E-state index contributed by atoms with van der Waals surface area (Å²) in [5, 5.41) is 18.8. The highest BCUT2D eigenvalue weighted by Gasteiger charge is 2.14. The number of halogens is 1. The predicted octanol–water partition coefficient (Wildman–Crippen LogP) is 4.38. The zero-order valence-corrected chi connectivity index (χ0v) is 15.0. The van der Waals surface area contributed by atoms with Crippen molar-refractivity contribution in [2.24, 2.45) is 0 Å². The first kappa shape index (κ1) is 17.3. The minimum Gasteiger partial charge on any atom is -0.411 e. The summed E-state index contributed by atoms with van der Waals surface area (Å²) in [5.41, 5.74) is 0.984. The number of rotatable bonds is 6. The lowest BCUT2D eigenvalue weighted by Crippen LogP contribution is -2.01. The van der Waals surface area contributed by atoms with Crippen molar-refractivity contribution in [3.63, 3.8) is 0 Å². The van der Waals surface area contributed by atoms with Crippen LogP contribution in [0.5, 0.6) is 0 Å². The van der Waals surface area contributed by atoms with Crippen LogP contribution in [0.25, 0.3) is 11.5 Å². The van der Waals surface area contributed by atoms with E-state index in [2.05, 4.69) is 26.1 Å².